The highest BCUT2D eigenvalue weighted by Gasteiger charge is 2.06. The quantitative estimate of drug-likeness (QED) is 0.481. The number of nitrogens with two attached hydrogens (primary N) is 1. The summed E-state index contributed by atoms with van der Waals surface area (Å²) in [7, 11) is -3.73. The number of nitrogens with zero attached hydrogens (tertiary/aromatic N) is 2. The zero-order valence-corrected chi connectivity index (χ0v) is 13.1. The molecule has 122 valence electrons. The highest BCUT2D eigenvalue weighted by atomic mass is 32.2. The van der Waals surface area contributed by atoms with Crippen molar-refractivity contribution >= 4 is 33.0 Å². The first-order valence-electron chi connectivity index (χ1n) is 6.84. The largest absolute Gasteiger partial charge is 0.319 e. The Morgan fingerprint density at radius 3 is 2.54 bits per heavy atom. The van der Waals surface area contributed by atoms with Crippen molar-refractivity contribution in [3.63, 3.8) is 0 Å². The first-order valence-corrected chi connectivity index (χ1v) is 8.39. The number of hydrazone groups is 1. The van der Waals surface area contributed by atoms with E-state index < -0.39 is 10.0 Å². The van der Waals surface area contributed by atoms with Gasteiger partial charge in [0.15, 0.2) is 0 Å². The number of sulfonamides is 1. The van der Waals surface area contributed by atoms with Crippen molar-refractivity contribution in [2.75, 3.05) is 5.43 Å². The summed E-state index contributed by atoms with van der Waals surface area (Å²) >= 11 is 0. The van der Waals surface area contributed by atoms with Crippen LogP contribution in [0.15, 0.2) is 63.3 Å². The molecular formula is C15H13N5O3S. The van der Waals surface area contributed by atoms with E-state index in [1.165, 1.54) is 30.5 Å². The smallest absolute Gasteiger partial charge is 0.276 e. The molecule has 0 aliphatic carbocycles. The van der Waals surface area contributed by atoms with Gasteiger partial charge in [0.1, 0.15) is 5.69 Å². The van der Waals surface area contributed by atoms with Gasteiger partial charge in [-0.05, 0) is 36.4 Å². The molecule has 0 atom stereocenters. The highest BCUT2D eigenvalue weighted by Crippen LogP contribution is 2.12. The predicted octanol–water partition coefficient (Wildman–Crippen LogP) is 1.02. The molecule has 1 heterocycles. The number of rotatable bonds is 4. The van der Waals surface area contributed by atoms with E-state index >= 15 is 0 Å². The molecule has 0 saturated heterocycles. The Kier molecular flexibility index (Phi) is 4.11. The lowest BCUT2D eigenvalue weighted by Gasteiger charge is -2.02. The van der Waals surface area contributed by atoms with Crippen molar-refractivity contribution in [2.45, 2.75) is 4.90 Å². The van der Waals surface area contributed by atoms with Crippen LogP contribution in [0.2, 0.25) is 0 Å². The Labute approximate surface area is 137 Å². The van der Waals surface area contributed by atoms with Crippen LogP contribution in [0.25, 0.3) is 11.0 Å². The van der Waals surface area contributed by atoms with E-state index in [1.54, 1.807) is 18.2 Å². The van der Waals surface area contributed by atoms with Gasteiger partial charge in [-0.25, -0.2) is 18.5 Å². The molecule has 3 aromatic rings. The van der Waals surface area contributed by atoms with Crippen LogP contribution < -0.4 is 16.1 Å². The summed E-state index contributed by atoms with van der Waals surface area (Å²) in [5.74, 6) is 0. The van der Waals surface area contributed by atoms with E-state index in [9.17, 15) is 13.2 Å². The topological polar surface area (TPSA) is 130 Å². The molecule has 2 aromatic carbocycles. The zero-order valence-electron chi connectivity index (χ0n) is 12.3. The van der Waals surface area contributed by atoms with Gasteiger partial charge >= 0.3 is 0 Å². The molecule has 0 amide bonds. The molecule has 4 N–H and O–H groups in total. The Balaban J connectivity index is 1.79. The summed E-state index contributed by atoms with van der Waals surface area (Å²) in [4.78, 5) is 18.9. The molecule has 0 saturated carbocycles. The van der Waals surface area contributed by atoms with E-state index in [0.29, 0.717) is 16.7 Å². The normalized spacial score (nSPS) is 11.9. The molecule has 0 radical (unpaired) electrons. The predicted molar refractivity (Wildman–Crippen MR) is 91.4 cm³/mol. The molecule has 1 aromatic heterocycles. The molecule has 0 spiro atoms. The maximum absolute atomic E-state index is 11.9. The second kappa shape index (κ2) is 6.22. The number of H-pyrrole nitrogens is 1. The van der Waals surface area contributed by atoms with Gasteiger partial charge in [-0.2, -0.15) is 5.10 Å². The van der Waals surface area contributed by atoms with Gasteiger partial charge in [0.2, 0.25) is 10.0 Å². The first-order chi connectivity index (χ1) is 11.4. The summed E-state index contributed by atoms with van der Waals surface area (Å²) in [6.45, 7) is 0. The molecule has 0 aliphatic rings. The van der Waals surface area contributed by atoms with Crippen LogP contribution in [-0.4, -0.2) is 24.6 Å². The number of benzene rings is 2. The van der Waals surface area contributed by atoms with E-state index in [0.717, 1.165) is 0 Å². The number of fused-ring (bicyclic) bond motifs is 1. The van der Waals surface area contributed by atoms with Crippen molar-refractivity contribution < 1.29 is 8.42 Å². The molecule has 8 nitrogen and oxygen atoms in total. The maximum Gasteiger partial charge on any atom is 0.276 e. The summed E-state index contributed by atoms with van der Waals surface area (Å²) in [6.07, 6.45) is 1.29. The van der Waals surface area contributed by atoms with Crippen LogP contribution in [0.1, 0.15) is 5.69 Å². The second-order valence-corrected chi connectivity index (χ2v) is 6.47. The minimum Gasteiger partial charge on any atom is -0.319 e. The van der Waals surface area contributed by atoms with Gasteiger partial charge in [-0.15, -0.1) is 0 Å². The number of hydrogen-bond acceptors (Lipinski definition) is 6. The summed E-state index contributed by atoms with van der Waals surface area (Å²) in [5, 5.41) is 8.95. The third-order valence-electron chi connectivity index (χ3n) is 3.19. The standard InChI is InChI=1S/C15H13N5O3S/c16-24(22,23)11-7-5-10(6-8-11)20-17-9-14-15(21)19-13-4-2-1-3-12(13)18-14/h1-9,20H,(H,19,21)(H2,16,22,23)/b17-9+. The second-order valence-electron chi connectivity index (χ2n) is 4.91. The fourth-order valence-electron chi connectivity index (χ4n) is 2.02. The number of anilines is 1. The van der Waals surface area contributed by atoms with Gasteiger partial charge in [-0.1, -0.05) is 12.1 Å². The third-order valence-corrected chi connectivity index (χ3v) is 4.12. The fourth-order valence-corrected chi connectivity index (χ4v) is 2.53. The first kappa shape index (κ1) is 15.8. The number of aromatic amines is 1. The number of hydrogen-bond donors (Lipinski definition) is 3. The highest BCUT2D eigenvalue weighted by molar-refractivity contribution is 7.89. The van der Waals surface area contributed by atoms with E-state index in [-0.39, 0.29) is 16.1 Å². The van der Waals surface area contributed by atoms with Crippen LogP contribution in [0, 0.1) is 0 Å². The van der Waals surface area contributed by atoms with Crippen LogP contribution in [0.4, 0.5) is 5.69 Å². The van der Waals surface area contributed by atoms with E-state index in [2.05, 4.69) is 20.5 Å². The molecule has 9 heteroatoms. The summed E-state index contributed by atoms with van der Waals surface area (Å²) in [6, 6.07) is 12.9. The lowest BCUT2D eigenvalue weighted by molar-refractivity contribution is 0.598. The monoisotopic (exact) mass is 343 g/mol. The van der Waals surface area contributed by atoms with Crippen molar-refractivity contribution in [1.29, 1.82) is 0 Å². The van der Waals surface area contributed by atoms with Gasteiger partial charge in [0.25, 0.3) is 5.56 Å². The fraction of sp³-hybridized carbons (Fsp3) is 0. The van der Waals surface area contributed by atoms with E-state index in [4.69, 9.17) is 5.14 Å². The Hall–Kier alpha value is -3.04. The van der Waals surface area contributed by atoms with Gasteiger partial charge in [0, 0.05) is 0 Å². The molecule has 0 unspecified atom stereocenters. The Morgan fingerprint density at radius 2 is 1.83 bits per heavy atom. The van der Waals surface area contributed by atoms with Crippen molar-refractivity contribution in [2.24, 2.45) is 10.2 Å². The Bertz CT molecular complexity index is 1070. The van der Waals surface area contributed by atoms with Crippen LogP contribution >= 0.6 is 0 Å². The zero-order chi connectivity index (χ0) is 17.2. The number of nitrogens with one attached hydrogen (secondary N) is 2. The molecule has 3 rings (SSSR count). The van der Waals surface area contributed by atoms with Gasteiger partial charge in [0.05, 0.1) is 27.8 Å². The Morgan fingerprint density at radius 1 is 1.12 bits per heavy atom. The van der Waals surface area contributed by atoms with Crippen molar-refractivity contribution in [3.8, 4) is 0 Å². The third kappa shape index (κ3) is 3.47. The number of para-hydroxylation sites is 2. The summed E-state index contributed by atoms with van der Waals surface area (Å²) < 4.78 is 22.3. The average Bonchev–Trinajstić information content (AvgIpc) is 2.55. The van der Waals surface area contributed by atoms with Crippen LogP contribution in [0.3, 0.4) is 0 Å². The minimum absolute atomic E-state index is 0.00432. The van der Waals surface area contributed by atoms with Crippen molar-refractivity contribution in [3.05, 3.63) is 64.6 Å². The maximum atomic E-state index is 11.9. The van der Waals surface area contributed by atoms with Gasteiger partial charge in [-0.3, -0.25) is 10.2 Å². The van der Waals surface area contributed by atoms with E-state index in [1.807, 2.05) is 6.07 Å². The molecule has 0 bridgehead atoms. The van der Waals surface area contributed by atoms with Crippen molar-refractivity contribution in [1.82, 2.24) is 9.97 Å². The molecule has 0 aliphatic heterocycles. The lowest BCUT2D eigenvalue weighted by atomic mass is 10.3. The number of primary sulfonamides is 1. The number of aromatic nitrogens is 2. The molecular weight excluding hydrogens is 330 g/mol. The minimum atomic E-state index is -3.73. The molecule has 24 heavy (non-hydrogen) atoms. The SMILES string of the molecule is NS(=O)(=O)c1ccc(N/N=C/c2nc3ccccc3[nH]c2=O)cc1. The summed E-state index contributed by atoms with van der Waals surface area (Å²) in [5.41, 5.74) is 4.32. The van der Waals surface area contributed by atoms with Gasteiger partial charge < -0.3 is 4.98 Å². The van der Waals surface area contributed by atoms with Crippen LogP contribution in [-0.2, 0) is 10.0 Å². The average molecular weight is 343 g/mol. The lowest BCUT2D eigenvalue weighted by Crippen LogP contribution is -2.15. The molecule has 0 fully saturated rings. The van der Waals surface area contributed by atoms with Crippen LogP contribution in [0.5, 0.6) is 0 Å².